The van der Waals surface area contributed by atoms with Crippen molar-refractivity contribution >= 4 is 29.2 Å². The first-order valence-corrected chi connectivity index (χ1v) is 25.3. The molecule has 2 aliphatic carbocycles. The van der Waals surface area contributed by atoms with Crippen molar-refractivity contribution in [3.63, 3.8) is 0 Å². The molecule has 0 aromatic carbocycles. The number of tetrazole rings is 1. The number of ketones is 3. The van der Waals surface area contributed by atoms with Gasteiger partial charge in [-0.2, -0.15) is 0 Å². The predicted molar refractivity (Wildman–Crippen MR) is 258 cm³/mol. The van der Waals surface area contributed by atoms with Crippen molar-refractivity contribution in [2.24, 2.45) is 47.3 Å². The maximum Gasteiger partial charge on any atom is 0.329 e. The van der Waals surface area contributed by atoms with Gasteiger partial charge in [-0.25, -0.2) is 9.48 Å². The summed E-state index contributed by atoms with van der Waals surface area (Å²) in [4.78, 5) is 72.5. The number of piperidine rings is 1. The number of rotatable bonds is 6. The Morgan fingerprint density at radius 2 is 1.63 bits per heavy atom. The summed E-state index contributed by atoms with van der Waals surface area (Å²) in [6, 6.07) is -1.10. The number of allylic oxidation sites excluding steroid dienone is 7. The van der Waals surface area contributed by atoms with E-state index < -0.39 is 65.4 Å². The zero-order chi connectivity index (χ0) is 49.9. The van der Waals surface area contributed by atoms with E-state index in [0.717, 1.165) is 31.3 Å². The standard InChI is InChI=1S/C53H81N5O10/c1-32-16-12-11-13-17-33(2)34(3)26-41-20-19-39(8)53(65,30-41)50(62)51(63)57-23-15-14-18-43(57)52(64)68-45(36(5)27-40-21-22-42(46(28-40)66-9)58-31-54-55-56-58)29-44(59)35(4)25-38(7)48(61)49(67-10)47(60)37(6)24-32/h11-13,16-17,25,31-32,34-37,39-43,45-46,48-49,61,65H,14-15,18-24,26-30H2,1-10H3/b13-11+,16-12+,33-17+,38-25+/t32-,34+,35-,36-,37?,39?,40?,41+,42?,43?,45+,46?,48-,49?,53?/m1/s1. The van der Waals surface area contributed by atoms with Crippen LogP contribution in [0.15, 0.2) is 53.9 Å². The summed E-state index contributed by atoms with van der Waals surface area (Å²) in [5, 5.41) is 35.4. The minimum Gasteiger partial charge on any atom is -0.460 e. The van der Waals surface area contributed by atoms with E-state index >= 15 is 0 Å². The third-order valence-corrected chi connectivity index (χ3v) is 15.9. The van der Waals surface area contributed by atoms with Crippen LogP contribution in [0.4, 0.5) is 0 Å². The molecule has 2 N–H and O–H groups in total. The first kappa shape index (κ1) is 54.8. The fourth-order valence-electron chi connectivity index (χ4n) is 11.3. The Kier molecular flexibility index (Phi) is 20.2. The molecule has 1 aromatic rings. The molecule has 0 spiro atoms. The predicted octanol–water partition coefficient (Wildman–Crippen LogP) is 7.33. The van der Waals surface area contributed by atoms with Crippen LogP contribution >= 0.6 is 0 Å². The molecule has 5 rings (SSSR count). The molecule has 8 unspecified atom stereocenters. The molecule has 1 saturated heterocycles. The van der Waals surface area contributed by atoms with E-state index in [1.165, 1.54) is 12.0 Å². The van der Waals surface area contributed by atoms with Crippen LogP contribution in [0.1, 0.15) is 145 Å². The molecule has 378 valence electrons. The number of carbonyl (C=O) groups is 5. The average Bonchev–Trinajstić information content (AvgIpc) is 3.86. The van der Waals surface area contributed by atoms with Crippen molar-refractivity contribution in [1.29, 1.82) is 0 Å². The summed E-state index contributed by atoms with van der Waals surface area (Å²) in [5.41, 5.74) is -0.319. The highest BCUT2D eigenvalue weighted by Crippen LogP contribution is 2.42. The zero-order valence-corrected chi connectivity index (χ0v) is 42.4. The van der Waals surface area contributed by atoms with Crippen LogP contribution in [0, 0.1) is 47.3 Å². The van der Waals surface area contributed by atoms with Gasteiger partial charge >= 0.3 is 5.97 Å². The first-order chi connectivity index (χ1) is 32.3. The number of hydrogen-bond donors (Lipinski definition) is 2. The molecule has 15 nitrogen and oxygen atoms in total. The van der Waals surface area contributed by atoms with Crippen molar-refractivity contribution in [2.45, 2.75) is 181 Å². The zero-order valence-electron chi connectivity index (χ0n) is 42.4. The number of ether oxygens (including phenoxy) is 3. The molecule has 1 amide bonds. The number of cyclic esters (lactones) is 1. The molecule has 3 heterocycles. The average molecular weight is 948 g/mol. The van der Waals surface area contributed by atoms with E-state index in [2.05, 4.69) is 35.4 Å². The van der Waals surface area contributed by atoms with Crippen LogP contribution in [-0.4, -0.2) is 121 Å². The molecular formula is C53H81N5O10. The number of fused-ring (bicyclic) bond motifs is 3. The third kappa shape index (κ3) is 13.8. The molecule has 68 heavy (non-hydrogen) atoms. The SMILES string of the molecule is COC1CC(C[C@@H](C)[C@@H]2CC(=O)[C@H](C)/C=C(\C)[C@@H](O)C(OC)C(=O)C(C)C[C@H](C)/C=C/C=C/C=C(\C)[C@@H](C)C[C@@H]3CCC(C)C(O)(C3)C(=O)C(=O)N3CCCCC3C(=O)O2)CCC1n1cnnn1. The molecule has 15 atom stereocenters. The molecule has 1 aromatic heterocycles. The van der Waals surface area contributed by atoms with Crippen LogP contribution in [-0.2, 0) is 38.2 Å². The number of aliphatic hydroxyl groups is 2. The maximum atomic E-state index is 14.5. The normalized spacial score (nSPS) is 39.1. The van der Waals surface area contributed by atoms with E-state index in [1.54, 1.807) is 38.0 Å². The quantitative estimate of drug-likeness (QED) is 0.163. The summed E-state index contributed by atoms with van der Waals surface area (Å²) < 4.78 is 19.6. The molecule has 2 aliphatic heterocycles. The Bertz CT molecular complexity index is 2000. The number of amides is 1. The Labute approximate surface area is 404 Å². The smallest absolute Gasteiger partial charge is 0.329 e. The number of methoxy groups -OCH3 is 2. The molecule has 3 fully saturated rings. The monoisotopic (exact) mass is 948 g/mol. The summed E-state index contributed by atoms with van der Waals surface area (Å²) in [7, 11) is 3.07. The largest absolute Gasteiger partial charge is 0.460 e. The second-order valence-corrected chi connectivity index (χ2v) is 21.1. The van der Waals surface area contributed by atoms with Crippen molar-refractivity contribution in [1.82, 2.24) is 25.1 Å². The van der Waals surface area contributed by atoms with Gasteiger partial charge in [0, 0.05) is 39.0 Å². The van der Waals surface area contributed by atoms with Crippen LogP contribution in [0.25, 0.3) is 0 Å². The molecule has 0 radical (unpaired) electrons. The molecule has 2 bridgehead atoms. The molecule has 15 heteroatoms. The van der Waals surface area contributed by atoms with Crippen LogP contribution in [0.5, 0.6) is 0 Å². The van der Waals surface area contributed by atoms with Gasteiger partial charge in [0.2, 0.25) is 0 Å². The third-order valence-electron chi connectivity index (χ3n) is 15.9. The Balaban J connectivity index is 1.45. The van der Waals surface area contributed by atoms with Crippen molar-refractivity contribution in [2.75, 3.05) is 20.8 Å². The lowest BCUT2D eigenvalue weighted by Gasteiger charge is -2.43. The number of aliphatic hydroxyl groups excluding tert-OH is 1. The van der Waals surface area contributed by atoms with E-state index in [-0.39, 0.29) is 79.1 Å². The highest BCUT2D eigenvalue weighted by atomic mass is 16.5. The van der Waals surface area contributed by atoms with Crippen LogP contribution in [0.2, 0.25) is 0 Å². The lowest BCUT2D eigenvalue weighted by molar-refractivity contribution is -0.171. The Hall–Kier alpha value is -4.18. The van der Waals surface area contributed by atoms with Gasteiger partial charge in [-0.1, -0.05) is 83.6 Å². The molecular weight excluding hydrogens is 867 g/mol. The number of aromatic nitrogens is 4. The van der Waals surface area contributed by atoms with Crippen molar-refractivity contribution < 1.29 is 48.4 Å². The number of Topliss-reactive ketones (excluding diaryl/α,β-unsaturated/α-hetero) is 3. The Morgan fingerprint density at radius 3 is 2.32 bits per heavy atom. The van der Waals surface area contributed by atoms with E-state index in [4.69, 9.17) is 14.2 Å². The van der Waals surface area contributed by atoms with Gasteiger partial charge in [-0.05, 0) is 142 Å². The number of esters is 1. The fourth-order valence-corrected chi connectivity index (χ4v) is 11.3. The van der Waals surface area contributed by atoms with Gasteiger partial charge < -0.3 is 29.3 Å². The van der Waals surface area contributed by atoms with Gasteiger partial charge in [0.05, 0.1) is 12.1 Å². The molecule has 4 aliphatic rings. The number of hydrogen-bond acceptors (Lipinski definition) is 13. The second-order valence-electron chi connectivity index (χ2n) is 21.1. The van der Waals surface area contributed by atoms with Gasteiger partial charge in [0.1, 0.15) is 42.1 Å². The fraction of sp³-hybridized carbons (Fsp3) is 0.736. The lowest BCUT2D eigenvalue weighted by Crippen LogP contribution is -2.59. The van der Waals surface area contributed by atoms with Gasteiger partial charge in [0.15, 0.2) is 5.78 Å². The van der Waals surface area contributed by atoms with Gasteiger partial charge in [0.25, 0.3) is 11.7 Å². The van der Waals surface area contributed by atoms with E-state index in [0.29, 0.717) is 44.1 Å². The summed E-state index contributed by atoms with van der Waals surface area (Å²) in [5.74, 6) is -4.40. The minimum absolute atomic E-state index is 0.00676. The van der Waals surface area contributed by atoms with Crippen molar-refractivity contribution in [3.05, 3.63) is 53.9 Å². The molecule has 2 saturated carbocycles. The van der Waals surface area contributed by atoms with Gasteiger partial charge in [-0.15, -0.1) is 5.10 Å². The van der Waals surface area contributed by atoms with Crippen LogP contribution < -0.4 is 0 Å². The Morgan fingerprint density at radius 1 is 0.882 bits per heavy atom. The van der Waals surface area contributed by atoms with E-state index in [9.17, 15) is 34.2 Å². The maximum absolute atomic E-state index is 14.5. The highest BCUT2D eigenvalue weighted by molar-refractivity contribution is 6.39. The first-order valence-electron chi connectivity index (χ1n) is 25.3. The minimum atomic E-state index is -1.88. The highest BCUT2D eigenvalue weighted by Gasteiger charge is 2.51. The lowest BCUT2D eigenvalue weighted by atomic mass is 9.67. The number of carbonyl (C=O) groups excluding carboxylic acids is 5. The summed E-state index contributed by atoms with van der Waals surface area (Å²) >= 11 is 0. The van der Waals surface area contributed by atoms with Crippen molar-refractivity contribution in [3.8, 4) is 0 Å². The van der Waals surface area contributed by atoms with Gasteiger partial charge in [-0.3, -0.25) is 19.2 Å². The van der Waals surface area contributed by atoms with Crippen LogP contribution in [0.3, 0.4) is 0 Å². The summed E-state index contributed by atoms with van der Waals surface area (Å²) in [6.45, 7) is 15.4. The second kappa shape index (κ2) is 25.1. The number of nitrogens with zero attached hydrogens (tertiary/aromatic N) is 5. The van der Waals surface area contributed by atoms with E-state index in [1.807, 2.05) is 52.0 Å². The summed E-state index contributed by atoms with van der Waals surface area (Å²) in [6.07, 6.45) is 16.9. The topological polar surface area (TPSA) is 200 Å².